The Morgan fingerprint density at radius 2 is 2.04 bits per heavy atom. The minimum Gasteiger partial charge on any atom is -0.327 e. The summed E-state index contributed by atoms with van der Waals surface area (Å²) < 4.78 is 26.1. The monoisotopic (exact) mass is 339 g/mol. The van der Waals surface area contributed by atoms with Crippen LogP contribution in [0.15, 0.2) is 24.3 Å². The van der Waals surface area contributed by atoms with Gasteiger partial charge in [0.1, 0.15) is 0 Å². The summed E-state index contributed by atoms with van der Waals surface area (Å²) >= 11 is 0. The summed E-state index contributed by atoms with van der Waals surface area (Å²) in [7, 11) is -3.34. The Hall–Kier alpha value is -1.60. The fourth-order valence-corrected chi connectivity index (χ4v) is 4.05. The molecule has 1 amide bonds. The van der Waals surface area contributed by atoms with E-state index in [2.05, 4.69) is 10.0 Å². The van der Waals surface area contributed by atoms with Gasteiger partial charge >= 0.3 is 0 Å². The van der Waals surface area contributed by atoms with Gasteiger partial charge < -0.3 is 11.1 Å². The Labute approximate surface area is 137 Å². The third-order valence-electron chi connectivity index (χ3n) is 4.06. The predicted molar refractivity (Wildman–Crippen MR) is 92.7 cm³/mol. The molecule has 6 nitrogen and oxygen atoms in total. The fraction of sp³-hybridized carbons (Fsp3) is 0.562. The number of hydrogen-bond acceptors (Lipinski definition) is 4. The van der Waals surface area contributed by atoms with Crippen molar-refractivity contribution in [3.05, 3.63) is 24.3 Å². The van der Waals surface area contributed by atoms with E-state index in [1.54, 1.807) is 24.3 Å². The number of nitrogens with two attached hydrogens (primary N) is 1. The van der Waals surface area contributed by atoms with E-state index < -0.39 is 10.0 Å². The van der Waals surface area contributed by atoms with E-state index in [0.29, 0.717) is 24.2 Å². The lowest BCUT2D eigenvalue weighted by molar-refractivity contribution is -0.117. The van der Waals surface area contributed by atoms with Crippen molar-refractivity contribution in [2.45, 2.75) is 45.1 Å². The van der Waals surface area contributed by atoms with Crippen LogP contribution in [0.2, 0.25) is 0 Å². The average molecular weight is 339 g/mol. The number of rotatable bonds is 7. The highest BCUT2D eigenvalue weighted by Crippen LogP contribution is 2.27. The highest BCUT2D eigenvalue weighted by molar-refractivity contribution is 7.92. The molecule has 0 aliphatic heterocycles. The first-order valence-corrected chi connectivity index (χ1v) is 9.71. The van der Waals surface area contributed by atoms with Gasteiger partial charge in [-0.3, -0.25) is 9.52 Å². The van der Waals surface area contributed by atoms with Crippen molar-refractivity contribution >= 4 is 27.3 Å². The van der Waals surface area contributed by atoms with E-state index in [1.165, 1.54) is 0 Å². The molecule has 0 aromatic heterocycles. The number of carbonyl (C=O) groups excluding carboxylic acids is 1. The van der Waals surface area contributed by atoms with Crippen molar-refractivity contribution in [2.24, 2.45) is 11.7 Å². The van der Waals surface area contributed by atoms with E-state index in [4.69, 9.17) is 5.73 Å². The zero-order valence-electron chi connectivity index (χ0n) is 13.4. The molecule has 0 bridgehead atoms. The van der Waals surface area contributed by atoms with Gasteiger partial charge in [-0.2, -0.15) is 0 Å². The molecule has 0 saturated heterocycles. The topological polar surface area (TPSA) is 101 Å². The second-order valence-corrected chi connectivity index (χ2v) is 7.95. The molecular weight excluding hydrogens is 314 g/mol. The number of nitrogens with one attached hydrogen (secondary N) is 2. The number of carbonyl (C=O) groups is 1. The molecule has 1 aromatic rings. The van der Waals surface area contributed by atoms with Gasteiger partial charge in [-0.25, -0.2) is 8.42 Å². The lowest BCUT2D eigenvalue weighted by atomic mass is 10.00. The van der Waals surface area contributed by atoms with Crippen molar-refractivity contribution in [3.8, 4) is 0 Å². The molecule has 23 heavy (non-hydrogen) atoms. The fourth-order valence-electron chi connectivity index (χ4n) is 2.93. The van der Waals surface area contributed by atoms with Gasteiger partial charge in [0.05, 0.1) is 11.4 Å². The largest absolute Gasteiger partial charge is 0.327 e. The summed E-state index contributed by atoms with van der Waals surface area (Å²) in [5, 5.41) is 2.82. The summed E-state index contributed by atoms with van der Waals surface area (Å²) in [5.41, 5.74) is 7.02. The Bertz CT molecular complexity index is 646. The first-order chi connectivity index (χ1) is 10.9. The first kappa shape index (κ1) is 17.7. The van der Waals surface area contributed by atoms with Gasteiger partial charge in [-0.1, -0.05) is 19.4 Å². The van der Waals surface area contributed by atoms with Crippen molar-refractivity contribution in [3.63, 3.8) is 0 Å². The zero-order valence-corrected chi connectivity index (χ0v) is 14.2. The predicted octanol–water partition coefficient (Wildman–Crippen LogP) is 2.29. The molecule has 128 valence electrons. The van der Waals surface area contributed by atoms with Crippen LogP contribution >= 0.6 is 0 Å². The summed E-state index contributed by atoms with van der Waals surface area (Å²) in [6.07, 6.45) is 4.01. The van der Waals surface area contributed by atoms with Crippen molar-refractivity contribution < 1.29 is 13.2 Å². The van der Waals surface area contributed by atoms with E-state index in [0.717, 1.165) is 19.3 Å². The van der Waals surface area contributed by atoms with Gasteiger partial charge in [0.2, 0.25) is 15.9 Å². The lowest BCUT2D eigenvalue weighted by Gasteiger charge is -2.15. The minimum absolute atomic E-state index is 0.0726. The van der Waals surface area contributed by atoms with Crippen LogP contribution in [0.1, 0.15) is 39.0 Å². The second kappa shape index (κ2) is 7.79. The van der Waals surface area contributed by atoms with Crippen LogP contribution < -0.4 is 15.8 Å². The Morgan fingerprint density at radius 3 is 2.70 bits per heavy atom. The van der Waals surface area contributed by atoms with Crippen LogP contribution in [-0.2, 0) is 14.8 Å². The van der Waals surface area contributed by atoms with Gasteiger partial charge in [-0.15, -0.1) is 0 Å². The van der Waals surface area contributed by atoms with Crippen molar-refractivity contribution in [1.82, 2.24) is 0 Å². The highest BCUT2D eigenvalue weighted by Gasteiger charge is 2.26. The SMILES string of the molecule is CCCS(=O)(=O)Nc1cccc(NC(=O)C[C@@H]2CCC[C@H]2N)c1. The number of sulfonamides is 1. The van der Waals surface area contributed by atoms with Crippen LogP contribution in [0.3, 0.4) is 0 Å². The molecule has 2 rings (SSSR count). The summed E-state index contributed by atoms with van der Waals surface area (Å²) in [4.78, 5) is 12.1. The molecule has 4 N–H and O–H groups in total. The minimum atomic E-state index is -3.34. The van der Waals surface area contributed by atoms with Gasteiger partial charge in [-0.05, 0) is 43.4 Å². The zero-order chi connectivity index (χ0) is 16.9. The average Bonchev–Trinajstić information content (AvgIpc) is 2.83. The van der Waals surface area contributed by atoms with E-state index >= 15 is 0 Å². The Kier molecular flexibility index (Phi) is 6.01. The number of anilines is 2. The van der Waals surface area contributed by atoms with E-state index in [9.17, 15) is 13.2 Å². The number of benzene rings is 1. The molecule has 0 radical (unpaired) electrons. The molecule has 2 atom stereocenters. The molecule has 1 fully saturated rings. The van der Waals surface area contributed by atoms with Crippen LogP contribution in [0.4, 0.5) is 11.4 Å². The molecular formula is C16H25N3O3S. The van der Waals surface area contributed by atoms with Crippen molar-refractivity contribution in [1.29, 1.82) is 0 Å². The van der Waals surface area contributed by atoms with Crippen LogP contribution in [-0.4, -0.2) is 26.1 Å². The van der Waals surface area contributed by atoms with E-state index in [1.807, 2.05) is 6.92 Å². The van der Waals surface area contributed by atoms with Gasteiger partial charge in [0.25, 0.3) is 0 Å². The van der Waals surface area contributed by atoms with Crippen molar-refractivity contribution in [2.75, 3.05) is 15.8 Å². The lowest BCUT2D eigenvalue weighted by Crippen LogP contribution is -2.28. The molecule has 0 heterocycles. The van der Waals surface area contributed by atoms with Crippen LogP contribution in [0, 0.1) is 5.92 Å². The maximum atomic E-state index is 12.1. The highest BCUT2D eigenvalue weighted by atomic mass is 32.2. The van der Waals surface area contributed by atoms with Gasteiger partial charge in [0.15, 0.2) is 0 Å². The quantitative estimate of drug-likeness (QED) is 0.709. The maximum Gasteiger partial charge on any atom is 0.232 e. The molecule has 1 aliphatic carbocycles. The molecule has 1 aromatic carbocycles. The standard InChI is InChI=1S/C16H25N3O3S/c1-2-9-23(21,22)19-14-7-4-6-13(11-14)18-16(20)10-12-5-3-8-15(12)17/h4,6-7,11-12,15,19H,2-3,5,8-10,17H2,1H3,(H,18,20)/t12-,15+/m0/s1. The van der Waals surface area contributed by atoms with Crippen LogP contribution in [0.25, 0.3) is 0 Å². The van der Waals surface area contributed by atoms with Gasteiger partial charge in [0, 0.05) is 18.2 Å². The Balaban J connectivity index is 1.95. The van der Waals surface area contributed by atoms with Crippen LogP contribution in [0.5, 0.6) is 0 Å². The molecule has 1 saturated carbocycles. The maximum absolute atomic E-state index is 12.1. The second-order valence-electron chi connectivity index (χ2n) is 6.11. The van der Waals surface area contributed by atoms with E-state index in [-0.39, 0.29) is 23.6 Å². The third-order valence-corrected chi connectivity index (χ3v) is 5.55. The number of hydrogen-bond donors (Lipinski definition) is 3. The summed E-state index contributed by atoms with van der Waals surface area (Å²) in [5.74, 6) is 0.227. The smallest absolute Gasteiger partial charge is 0.232 e. The summed E-state index contributed by atoms with van der Waals surface area (Å²) in [6, 6.07) is 6.84. The third kappa shape index (κ3) is 5.51. The first-order valence-electron chi connectivity index (χ1n) is 8.05. The number of amides is 1. The molecule has 0 unspecified atom stereocenters. The summed E-state index contributed by atoms with van der Waals surface area (Å²) in [6.45, 7) is 1.81. The molecule has 0 spiro atoms. The molecule has 1 aliphatic rings. The normalized spacial score (nSPS) is 21.1. The molecule has 7 heteroatoms. The Morgan fingerprint density at radius 1 is 1.30 bits per heavy atom.